The van der Waals surface area contributed by atoms with Gasteiger partial charge in [-0.3, -0.25) is 4.79 Å². The summed E-state index contributed by atoms with van der Waals surface area (Å²) in [7, 11) is 1.62. The summed E-state index contributed by atoms with van der Waals surface area (Å²) in [6.45, 7) is 6.54. The third-order valence-electron chi connectivity index (χ3n) is 6.50. The first kappa shape index (κ1) is 23.3. The van der Waals surface area contributed by atoms with Gasteiger partial charge < -0.3 is 19.9 Å². The van der Waals surface area contributed by atoms with Crippen molar-refractivity contribution in [2.75, 3.05) is 43.1 Å². The summed E-state index contributed by atoms with van der Waals surface area (Å²) >= 11 is 0. The molecule has 4 rings (SSSR count). The second-order valence-electron chi connectivity index (χ2n) is 9.20. The molecule has 2 aromatic rings. The van der Waals surface area contributed by atoms with Gasteiger partial charge in [0.25, 0.3) is 0 Å². The molecule has 2 aliphatic heterocycles. The highest BCUT2D eigenvalue weighted by molar-refractivity contribution is 5.82. The van der Waals surface area contributed by atoms with Crippen molar-refractivity contribution in [3.8, 4) is 5.75 Å². The number of carbonyl (C=O) groups excluding carboxylic acids is 1. The lowest BCUT2D eigenvalue weighted by atomic mass is 9.82. The van der Waals surface area contributed by atoms with Crippen LogP contribution in [0.4, 0.5) is 24.5 Å². The number of piperazine rings is 1. The Kier molecular flexibility index (Phi) is 6.45. The number of nitrogens with one attached hydrogen (secondary N) is 1. The molecule has 0 saturated carbocycles. The topological polar surface area (TPSA) is 44.8 Å². The van der Waals surface area contributed by atoms with Crippen LogP contribution in [0.15, 0.2) is 42.5 Å². The number of rotatable bonds is 5. The van der Waals surface area contributed by atoms with Crippen molar-refractivity contribution < 1.29 is 22.7 Å². The number of benzene rings is 2. The van der Waals surface area contributed by atoms with Gasteiger partial charge in [-0.1, -0.05) is 13.8 Å². The van der Waals surface area contributed by atoms with Gasteiger partial charge in [-0.15, -0.1) is 0 Å². The van der Waals surface area contributed by atoms with E-state index in [4.69, 9.17) is 4.74 Å². The van der Waals surface area contributed by atoms with Crippen LogP contribution in [0.25, 0.3) is 0 Å². The molecule has 1 N–H and O–H groups in total. The Bertz CT molecular complexity index is 991. The summed E-state index contributed by atoms with van der Waals surface area (Å²) < 4.78 is 45.3. The van der Waals surface area contributed by atoms with Gasteiger partial charge in [-0.05, 0) is 60.4 Å². The van der Waals surface area contributed by atoms with Crippen LogP contribution in [-0.4, -0.2) is 45.2 Å². The molecule has 0 aromatic heterocycles. The van der Waals surface area contributed by atoms with Crippen LogP contribution >= 0.6 is 0 Å². The minimum atomic E-state index is -4.41. The van der Waals surface area contributed by atoms with Crippen molar-refractivity contribution in [1.29, 1.82) is 0 Å². The number of hydrogen-bond acceptors (Lipinski definition) is 4. The molecule has 8 heteroatoms. The van der Waals surface area contributed by atoms with E-state index >= 15 is 0 Å². The molecule has 0 aliphatic carbocycles. The van der Waals surface area contributed by atoms with Crippen LogP contribution in [-0.2, 0) is 17.4 Å². The molecule has 0 bridgehead atoms. The molecular weight excluding hydrogens is 431 g/mol. The van der Waals surface area contributed by atoms with Gasteiger partial charge in [0, 0.05) is 37.6 Å². The zero-order valence-corrected chi connectivity index (χ0v) is 19.2. The highest BCUT2D eigenvalue weighted by atomic mass is 19.4. The lowest BCUT2D eigenvalue weighted by Crippen LogP contribution is -2.61. The van der Waals surface area contributed by atoms with Gasteiger partial charge >= 0.3 is 6.18 Å². The Morgan fingerprint density at radius 1 is 1.15 bits per heavy atom. The highest BCUT2D eigenvalue weighted by Gasteiger charge is 2.42. The van der Waals surface area contributed by atoms with E-state index in [2.05, 4.69) is 15.1 Å². The first-order chi connectivity index (χ1) is 15.7. The molecular formula is C25H30F3N3O2. The number of nitrogens with zero attached hydrogens (tertiary/aromatic N) is 2. The van der Waals surface area contributed by atoms with E-state index in [0.29, 0.717) is 44.1 Å². The molecule has 178 valence electrons. The quantitative estimate of drug-likeness (QED) is 0.719. The molecule has 2 heterocycles. The molecule has 0 unspecified atom stereocenters. The molecule has 2 aliphatic rings. The molecule has 1 fully saturated rings. The van der Waals surface area contributed by atoms with E-state index in [1.807, 2.05) is 38.1 Å². The number of ether oxygens (including phenoxy) is 1. The third kappa shape index (κ3) is 4.89. The molecule has 1 saturated heterocycles. The summed E-state index contributed by atoms with van der Waals surface area (Å²) in [4.78, 5) is 17.5. The Labute approximate surface area is 192 Å². The summed E-state index contributed by atoms with van der Waals surface area (Å²) in [6.07, 6.45) is -4.12. The molecule has 1 amide bonds. The Hall–Kier alpha value is -2.90. The van der Waals surface area contributed by atoms with Crippen LogP contribution in [0.3, 0.4) is 0 Å². The van der Waals surface area contributed by atoms with Gasteiger partial charge in [0.1, 0.15) is 5.75 Å². The number of alkyl halides is 3. The first-order valence-electron chi connectivity index (χ1n) is 11.3. The minimum absolute atomic E-state index is 0.0988. The van der Waals surface area contributed by atoms with Gasteiger partial charge in [0.15, 0.2) is 0 Å². The van der Waals surface area contributed by atoms with E-state index < -0.39 is 17.7 Å². The average Bonchev–Trinajstić information content (AvgIpc) is 2.80. The van der Waals surface area contributed by atoms with Crippen LogP contribution in [0.5, 0.6) is 5.75 Å². The van der Waals surface area contributed by atoms with Gasteiger partial charge in [-0.25, -0.2) is 0 Å². The Morgan fingerprint density at radius 3 is 2.52 bits per heavy atom. The van der Waals surface area contributed by atoms with E-state index in [0.717, 1.165) is 23.2 Å². The second kappa shape index (κ2) is 9.15. The SMILES string of the molecule is COc1ccc(N2CCN3c4ccc(C(F)(F)F)cc4C[C@@H](C(=O)NCC(C)C)[C@@H]3C2)cc1. The summed E-state index contributed by atoms with van der Waals surface area (Å²) in [5.74, 6) is 0.537. The Morgan fingerprint density at radius 2 is 1.88 bits per heavy atom. The van der Waals surface area contributed by atoms with Crippen molar-refractivity contribution in [2.45, 2.75) is 32.5 Å². The zero-order valence-electron chi connectivity index (χ0n) is 19.2. The zero-order chi connectivity index (χ0) is 23.8. The number of carbonyl (C=O) groups is 1. The van der Waals surface area contributed by atoms with Gasteiger partial charge in [0.2, 0.25) is 5.91 Å². The van der Waals surface area contributed by atoms with Crippen LogP contribution in [0, 0.1) is 11.8 Å². The molecule has 33 heavy (non-hydrogen) atoms. The lowest BCUT2D eigenvalue weighted by molar-refractivity contribution is -0.137. The molecule has 0 radical (unpaired) electrons. The normalized spacial score (nSPS) is 20.3. The number of hydrogen-bond donors (Lipinski definition) is 1. The maximum absolute atomic E-state index is 13.3. The molecule has 5 nitrogen and oxygen atoms in total. The summed E-state index contributed by atoms with van der Waals surface area (Å²) in [6, 6.07) is 11.6. The smallest absolute Gasteiger partial charge is 0.416 e. The third-order valence-corrected chi connectivity index (χ3v) is 6.50. The maximum Gasteiger partial charge on any atom is 0.416 e. The lowest BCUT2D eigenvalue weighted by Gasteiger charge is -2.49. The van der Waals surface area contributed by atoms with Crippen molar-refractivity contribution in [3.05, 3.63) is 53.6 Å². The van der Waals surface area contributed by atoms with E-state index in [1.54, 1.807) is 13.2 Å². The van der Waals surface area contributed by atoms with Crippen molar-refractivity contribution in [1.82, 2.24) is 5.32 Å². The first-order valence-corrected chi connectivity index (χ1v) is 11.3. The number of methoxy groups -OCH3 is 1. The van der Waals surface area contributed by atoms with E-state index in [9.17, 15) is 18.0 Å². The van der Waals surface area contributed by atoms with Crippen molar-refractivity contribution in [2.24, 2.45) is 11.8 Å². The molecule has 0 spiro atoms. The fraction of sp³-hybridized carbons (Fsp3) is 0.480. The fourth-order valence-corrected chi connectivity index (χ4v) is 4.76. The number of fused-ring (bicyclic) bond motifs is 3. The standard InChI is InChI=1S/C25H30F3N3O2/c1-16(2)14-29-24(32)21-13-17-12-18(25(26,27)28)4-9-22(17)31-11-10-30(15-23(21)31)19-5-7-20(33-3)8-6-19/h4-9,12,16,21,23H,10-11,13-15H2,1-3H3,(H,29,32)/t21-,23+/m1/s1. The molecule has 2 aromatic carbocycles. The van der Waals surface area contributed by atoms with Gasteiger partial charge in [-0.2, -0.15) is 13.2 Å². The molecule has 2 atom stereocenters. The van der Waals surface area contributed by atoms with Crippen LogP contribution in [0.2, 0.25) is 0 Å². The second-order valence-corrected chi connectivity index (χ2v) is 9.20. The summed E-state index contributed by atoms with van der Waals surface area (Å²) in [5.41, 5.74) is 1.76. The highest BCUT2D eigenvalue weighted by Crippen LogP contribution is 2.40. The number of amides is 1. The average molecular weight is 462 g/mol. The van der Waals surface area contributed by atoms with Crippen molar-refractivity contribution in [3.63, 3.8) is 0 Å². The largest absolute Gasteiger partial charge is 0.497 e. The van der Waals surface area contributed by atoms with Crippen LogP contribution < -0.4 is 19.9 Å². The summed E-state index contributed by atoms with van der Waals surface area (Å²) in [5, 5.41) is 3.01. The van der Waals surface area contributed by atoms with E-state index in [1.165, 1.54) is 6.07 Å². The predicted molar refractivity (Wildman–Crippen MR) is 123 cm³/mol. The fourth-order valence-electron chi connectivity index (χ4n) is 4.76. The van der Waals surface area contributed by atoms with E-state index in [-0.39, 0.29) is 11.9 Å². The number of anilines is 2. The minimum Gasteiger partial charge on any atom is -0.497 e. The monoisotopic (exact) mass is 461 g/mol. The van der Waals surface area contributed by atoms with Gasteiger partial charge in [0.05, 0.1) is 24.6 Å². The Balaban J connectivity index is 1.64. The van der Waals surface area contributed by atoms with Crippen LogP contribution in [0.1, 0.15) is 25.0 Å². The number of halogens is 3. The maximum atomic E-state index is 13.3. The van der Waals surface area contributed by atoms with Crippen molar-refractivity contribution >= 4 is 17.3 Å². The predicted octanol–water partition coefficient (Wildman–Crippen LogP) is 4.35.